The summed E-state index contributed by atoms with van der Waals surface area (Å²) in [5, 5.41) is 3.58. The molecule has 1 fully saturated rings. The first-order valence-corrected chi connectivity index (χ1v) is 6.78. The minimum Gasteiger partial charge on any atom is -0.497 e. The van der Waals surface area contributed by atoms with E-state index in [1.807, 2.05) is 12.1 Å². The molecule has 1 aliphatic rings. The van der Waals surface area contributed by atoms with Gasteiger partial charge < -0.3 is 14.8 Å². The van der Waals surface area contributed by atoms with Crippen LogP contribution in [0.25, 0.3) is 0 Å². The predicted octanol–water partition coefficient (Wildman–Crippen LogP) is 2.78. The molecule has 1 saturated heterocycles. The molecule has 0 radical (unpaired) electrons. The van der Waals surface area contributed by atoms with E-state index in [1.54, 1.807) is 14.2 Å². The van der Waals surface area contributed by atoms with Crippen molar-refractivity contribution < 1.29 is 9.47 Å². The first kappa shape index (κ1) is 13.2. The van der Waals surface area contributed by atoms with Gasteiger partial charge >= 0.3 is 0 Å². The fourth-order valence-electron chi connectivity index (χ4n) is 2.58. The van der Waals surface area contributed by atoms with E-state index in [9.17, 15) is 0 Å². The summed E-state index contributed by atoms with van der Waals surface area (Å²) < 4.78 is 10.7. The molecule has 1 aromatic rings. The number of rotatable bonds is 5. The molecule has 1 atom stereocenters. The summed E-state index contributed by atoms with van der Waals surface area (Å²) in [6.07, 6.45) is 6.18. The van der Waals surface area contributed by atoms with E-state index in [4.69, 9.17) is 9.47 Å². The SMILES string of the molecule is COc1ccc(OC)c(CCC2CCCCN2)c1. The van der Waals surface area contributed by atoms with Gasteiger partial charge in [0.15, 0.2) is 0 Å². The van der Waals surface area contributed by atoms with Crippen LogP contribution in [0.4, 0.5) is 0 Å². The Balaban J connectivity index is 1.97. The molecule has 1 heterocycles. The fraction of sp³-hybridized carbons (Fsp3) is 0.600. The summed E-state index contributed by atoms with van der Waals surface area (Å²) in [6.45, 7) is 1.17. The smallest absolute Gasteiger partial charge is 0.122 e. The van der Waals surface area contributed by atoms with E-state index in [2.05, 4.69) is 11.4 Å². The number of nitrogens with one attached hydrogen (secondary N) is 1. The standard InChI is InChI=1S/C15H23NO2/c1-17-14-8-9-15(18-2)12(11-14)6-7-13-5-3-4-10-16-13/h8-9,11,13,16H,3-7,10H2,1-2H3. The highest BCUT2D eigenvalue weighted by molar-refractivity contribution is 5.40. The van der Waals surface area contributed by atoms with Crippen LogP contribution in [0.2, 0.25) is 0 Å². The molecule has 2 rings (SSSR count). The lowest BCUT2D eigenvalue weighted by Gasteiger charge is -2.23. The summed E-state index contributed by atoms with van der Waals surface area (Å²) in [7, 11) is 3.43. The summed E-state index contributed by atoms with van der Waals surface area (Å²) in [4.78, 5) is 0. The molecule has 0 aromatic heterocycles. The monoisotopic (exact) mass is 249 g/mol. The zero-order valence-electron chi connectivity index (χ0n) is 11.4. The molecule has 1 unspecified atom stereocenters. The number of ether oxygens (including phenoxy) is 2. The van der Waals surface area contributed by atoms with Gasteiger partial charge in [0.25, 0.3) is 0 Å². The molecule has 3 nitrogen and oxygen atoms in total. The molecule has 0 amide bonds. The van der Waals surface area contributed by atoms with Crippen LogP contribution in [-0.2, 0) is 6.42 Å². The second kappa shape index (κ2) is 6.64. The molecule has 0 aliphatic carbocycles. The number of aryl methyl sites for hydroxylation is 1. The van der Waals surface area contributed by atoms with Crippen molar-refractivity contribution in [3.63, 3.8) is 0 Å². The van der Waals surface area contributed by atoms with E-state index >= 15 is 0 Å². The van der Waals surface area contributed by atoms with Crippen LogP contribution < -0.4 is 14.8 Å². The molecule has 1 aliphatic heterocycles. The Labute approximate surface area is 109 Å². The average Bonchev–Trinajstić information content (AvgIpc) is 2.45. The number of hydrogen-bond acceptors (Lipinski definition) is 3. The minimum atomic E-state index is 0.662. The lowest BCUT2D eigenvalue weighted by atomic mass is 9.97. The molecular formula is C15H23NO2. The third-order valence-corrected chi connectivity index (χ3v) is 3.66. The third-order valence-electron chi connectivity index (χ3n) is 3.66. The highest BCUT2D eigenvalue weighted by Gasteiger charge is 2.13. The Bertz CT molecular complexity index is 373. The van der Waals surface area contributed by atoms with Gasteiger partial charge in [-0.1, -0.05) is 6.42 Å². The third kappa shape index (κ3) is 3.39. The lowest BCUT2D eigenvalue weighted by molar-refractivity contribution is 0.374. The van der Waals surface area contributed by atoms with E-state index in [1.165, 1.54) is 37.8 Å². The van der Waals surface area contributed by atoms with Gasteiger partial charge in [-0.3, -0.25) is 0 Å². The van der Waals surface area contributed by atoms with Crippen molar-refractivity contribution in [1.29, 1.82) is 0 Å². The van der Waals surface area contributed by atoms with Crippen LogP contribution in [0, 0.1) is 0 Å². The Morgan fingerprint density at radius 1 is 1.22 bits per heavy atom. The Morgan fingerprint density at radius 2 is 2.11 bits per heavy atom. The highest BCUT2D eigenvalue weighted by atomic mass is 16.5. The van der Waals surface area contributed by atoms with Gasteiger partial charge in [-0.25, -0.2) is 0 Å². The second-order valence-electron chi connectivity index (χ2n) is 4.86. The largest absolute Gasteiger partial charge is 0.497 e. The molecule has 3 heteroatoms. The van der Waals surface area contributed by atoms with Crippen LogP contribution in [0.3, 0.4) is 0 Å². The topological polar surface area (TPSA) is 30.5 Å². The molecule has 18 heavy (non-hydrogen) atoms. The molecule has 100 valence electrons. The zero-order chi connectivity index (χ0) is 12.8. The predicted molar refractivity (Wildman–Crippen MR) is 73.5 cm³/mol. The maximum Gasteiger partial charge on any atom is 0.122 e. The molecule has 1 aromatic carbocycles. The number of hydrogen-bond donors (Lipinski definition) is 1. The maximum absolute atomic E-state index is 5.41. The van der Waals surface area contributed by atoms with Gasteiger partial charge in [0.1, 0.15) is 11.5 Å². The van der Waals surface area contributed by atoms with E-state index in [0.717, 1.165) is 17.9 Å². The zero-order valence-corrected chi connectivity index (χ0v) is 11.4. The van der Waals surface area contributed by atoms with E-state index in [0.29, 0.717) is 6.04 Å². The first-order valence-electron chi connectivity index (χ1n) is 6.78. The molecule has 0 bridgehead atoms. The van der Waals surface area contributed by atoms with Crippen molar-refractivity contribution in [2.45, 2.75) is 38.1 Å². The van der Waals surface area contributed by atoms with Crippen LogP contribution in [0.5, 0.6) is 11.5 Å². The lowest BCUT2D eigenvalue weighted by Crippen LogP contribution is -2.34. The number of piperidine rings is 1. The van der Waals surface area contributed by atoms with Crippen molar-refractivity contribution in [3.05, 3.63) is 23.8 Å². The van der Waals surface area contributed by atoms with Gasteiger partial charge in [0.05, 0.1) is 14.2 Å². The van der Waals surface area contributed by atoms with Crippen LogP contribution in [0.1, 0.15) is 31.2 Å². The Kier molecular flexibility index (Phi) is 4.88. The fourth-order valence-corrected chi connectivity index (χ4v) is 2.58. The Hall–Kier alpha value is -1.22. The van der Waals surface area contributed by atoms with Crippen molar-refractivity contribution in [2.24, 2.45) is 0 Å². The molecule has 0 saturated carbocycles. The average molecular weight is 249 g/mol. The summed E-state index contributed by atoms with van der Waals surface area (Å²) in [6, 6.07) is 6.68. The summed E-state index contributed by atoms with van der Waals surface area (Å²) in [5.41, 5.74) is 1.24. The van der Waals surface area contributed by atoms with E-state index in [-0.39, 0.29) is 0 Å². The van der Waals surface area contributed by atoms with Crippen LogP contribution >= 0.6 is 0 Å². The van der Waals surface area contributed by atoms with Crippen molar-refractivity contribution in [3.8, 4) is 11.5 Å². The maximum atomic E-state index is 5.41. The normalized spacial score (nSPS) is 19.6. The van der Waals surface area contributed by atoms with Gasteiger partial charge in [0, 0.05) is 6.04 Å². The van der Waals surface area contributed by atoms with Gasteiger partial charge in [-0.15, -0.1) is 0 Å². The van der Waals surface area contributed by atoms with Gasteiger partial charge in [-0.05, 0) is 56.0 Å². The minimum absolute atomic E-state index is 0.662. The van der Waals surface area contributed by atoms with Gasteiger partial charge in [-0.2, -0.15) is 0 Å². The second-order valence-corrected chi connectivity index (χ2v) is 4.86. The van der Waals surface area contributed by atoms with Crippen LogP contribution in [-0.4, -0.2) is 26.8 Å². The van der Waals surface area contributed by atoms with Crippen molar-refractivity contribution >= 4 is 0 Å². The van der Waals surface area contributed by atoms with Gasteiger partial charge in [0.2, 0.25) is 0 Å². The van der Waals surface area contributed by atoms with Crippen molar-refractivity contribution in [2.75, 3.05) is 20.8 Å². The number of benzene rings is 1. The molecule has 1 N–H and O–H groups in total. The quantitative estimate of drug-likeness (QED) is 0.870. The van der Waals surface area contributed by atoms with Crippen molar-refractivity contribution in [1.82, 2.24) is 5.32 Å². The highest BCUT2D eigenvalue weighted by Crippen LogP contribution is 2.26. The Morgan fingerprint density at radius 3 is 2.78 bits per heavy atom. The summed E-state index contributed by atoms with van der Waals surface area (Å²) >= 11 is 0. The summed E-state index contributed by atoms with van der Waals surface area (Å²) in [5.74, 6) is 1.87. The molecule has 0 spiro atoms. The van der Waals surface area contributed by atoms with Crippen LogP contribution in [0.15, 0.2) is 18.2 Å². The number of methoxy groups -OCH3 is 2. The van der Waals surface area contributed by atoms with E-state index < -0.39 is 0 Å². The molecular weight excluding hydrogens is 226 g/mol. The first-order chi connectivity index (χ1) is 8.83.